The van der Waals surface area contributed by atoms with Crippen LogP contribution in [-0.2, 0) is 0 Å². The van der Waals surface area contributed by atoms with Gasteiger partial charge in [0.2, 0.25) is 0 Å². The summed E-state index contributed by atoms with van der Waals surface area (Å²) in [7, 11) is 0. The SMILES string of the molecule is O=NN1c2ccc(Cl)cc2N(N=O)C(O)C1O. The van der Waals surface area contributed by atoms with Gasteiger partial charge in [0.25, 0.3) is 0 Å². The lowest BCUT2D eigenvalue weighted by Gasteiger charge is -2.37. The van der Waals surface area contributed by atoms with Gasteiger partial charge in [-0.3, -0.25) is 0 Å². The van der Waals surface area contributed by atoms with E-state index in [1.807, 2.05) is 0 Å². The Labute approximate surface area is 99.9 Å². The number of hydrogen-bond acceptors (Lipinski definition) is 6. The summed E-state index contributed by atoms with van der Waals surface area (Å²) >= 11 is 5.73. The number of nitroso groups, excluding NO2 is 2. The highest BCUT2D eigenvalue weighted by atomic mass is 35.5. The molecule has 0 aromatic heterocycles. The third-order valence-corrected chi connectivity index (χ3v) is 2.61. The zero-order chi connectivity index (χ0) is 12.6. The van der Waals surface area contributed by atoms with Crippen LogP contribution in [0.1, 0.15) is 0 Å². The topological polar surface area (TPSA) is 106 Å². The summed E-state index contributed by atoms with van der Waals surface area (Å²) in [6.07, 6.45) is -3.38. The van der Waals surface area contributed by atoms with Crippen molar-refractivity contribution in [3.05, 3.63) is 33.0 Å². The van der Waals surface area contributed by atoms with Crippen molar-refractivity contribution >= 4 is 23.0 Å². The Bertz CT molecular complexity index is 471. The smallest absolute Gasteiger partial charge is 0.198 e. The monoisotopic (exact) mass is 258 g/mol. The first-order chi connectivity index (χ1) is 8.10. The van der Waals surface area contributed by atoms with Crippen LogP contribution in [0.15, 0.2) is 28.8 Å². The zero-order valence-electron chi connectivity index (χ0n) is 8.26. The van der Waals surface area contributed by atoms with Crippen LogP contribution in [0.5, 0.6) is 0 Å². The van der Waals surface area contributed by atoms with Crippen LogP contribution in [0, 0.1) is 9.81 Å². The summed E-state index contributed by atoms with van der Waals surface area (Å²) in [6, 6.07) is 4.16. The summed E-state index contributed by atoms with van der Waals surface area (Å²) in [5.74, 6) is 0. The van der Waals surface area contributed by atoms with Crippen molar-refractivity contribution in [2.24, 2.45) is 10.6 Å². The molecule has 1 aromatic carbocycles. The Balaban J connectivity index is 2.61. The minimum atomic E-state index is -1.70. The van der Waals surface area contributed by atoms with Gasteiger partial charge < -0.3 is 10.2 Å². The molecular formula is C8H7ClN4O4. The first-order valence-electron chi connectivity index (χ1n) is 4.51. The van der Waals surface area contributed by atoms with Crippen LogP contribution < -0.4 is 10.0 Å². The van der Waals surface area contributed by atoms with E-state index in [-0.39, 0.29) is 16.4 Å². The van der Waals surface area contributed by atoms with Crippen molar-refractivity contribution in [3.63, 3.8) is 0 Å². The summed E-state index contributed by atoms with van der Waals surface area (Å²) in [6.45, 7) is 0. The van der Waals surface area contributed by atoms with Crippen LogP contribution in [0.2, 0.25) is 5.02 Å². The summed E-state index contributed by atoms with van der Waals surface area (Å²) in [4.78, 5) is 21.2. The molecule has 1 aromatic rings. The van der Waals surface area contributed by atoms with E-state index < -0.39 is 12.5 Å². The van der Waals surface area contributed by atoms with Gasteiger partial charge in [-0.05, 0) is 18.2 Å². The second-order valence-corrected chi connectivity index (χ2v) is 3.75. The highest BCUT2D eigenvalue weighted by Crippen LogP contribution is 2.39. The highest BCUT2D eigenvalue weighted by molar-refractivity contribution is 6.31. The number of benzene rings is 1. The fraction of sp³-hybridized carbons (Fsp3) is 0.250. The molecule has 0 spiro atoms. The van der Waals surface area contributed by atoms with E-state index in [4.69, 9.17) is 11.6 Å². The molecule has 1 aliphatic heterocycles. The summed E-state index contributed by atoms with van der Waals surface area (Å²) in [5, 5.41) is 25.8. The van der Waals surface area contributed by atoms with E-state index in [0.29, 0.717) is 10.0 Å². The standard InChI is InChI=1S/C8H7ClN4O4/c9-4-1-2-5-6(3-4)13(11-17)8(15)7(14)12(5)10-16/h1-3,7-8,14-15H. The highest BCUT2D eigenvalue weighted by Gasteiger charge is 2.39. The molecule has 0 radical (unpaired) electrons. The van der Waals surface area contributed by atoms with Crippen molar-refractivity contribution < 1.29 is 10.2 Å². The molecule has 2 rings (SSSR count). The Morgan fingerprint density at radius 3 is 2.12 bits per heavy atom. The minimum Gasteiger partial charge on any atom is -0.368 e. The molecule has 0 bridgehead atoms. The molecule has 1 aliphatic rings. The van der Waals surface area contributed by atoms with Crippen molar-refractivity contribution in [2.75, 3.05) is 10.0 Å². The van der Waals surface area contributed by atoms with Gasteiger partial charge in [0.15, 0.2) is 12.5 Å². The molecule has 2 atom stereocenters. The van der Waals surface area contributed by atoms with Gasteiger partial charge in [0, 0.05) is 5.02 Å². The lowest BCUT2D eigenvalue weighted by Crippen LogP contribution is -2.52. The molecule has 2 N–H and O–H groups in total. The molecular weight excluding hydrogens is 252 g/mol. The van der Waals surface area contributed by atoms with Crippen LogP contribution in [-0.4, -0.2) is 22.7 Å². The minimum absolute atomic E-state index is 0.0879. The number of rotatable bonds is 2. The second kappa shape index (κ2) is 4.24. The fourth-order valence-corrected chi connectivity index (χ4v) is 1.76. The molecule has 1 heterocycles. The van der Waals surface area contributed by atoms with E-state index in [1.165, 1.54) is 18.2 Å². The Morgan fingerprint density at radius 2 is 1.59 bits per heavy atom. The number of halogens is 1. The normalized spacial score (nSPS) is 23.2. The number of aliphatic hydroxyl groups is 2. The molecule has 8 nitrogen and oxygen atoms in total. The van der Waals surface area contributed by atoms with Gasteiger partial charge in [-0.25, -0.2) is 0 Å². The average Bonchev–Trinajstić information content (AvgIpc) is 2.32. The third-order valence-electron chi connectivity index (χ3n) is 2.37. The van der Waals surface area contributed by atoms with E-state index in [2.05, 4.69) is 10.6 Å². The van der Waals surface area contributed by atoms with Crippen molar-refractivity contribution in [1.29, 1.82) is 0 Å². The quantitative estimate of drug-likeness (QED) is 0.766. The number of aliphatic hydroxyl groups excluding tert-OH is 2. The van der Waals surface area contributed by atoms with E-state index in [9.17, 15) is 20.0 Å². The summed E-state index contributed by atoms with van der Waals surface area (Å²) in [5.41, 5.74) is 0.215. The van der Waals surface area contributed by atoms with Crippen LogP contribution in [0.4, 0.5) is 11.4 Å². The molecule has 0 saturated heterocycles. The van der Waals surface area contributed by atoms with Crippen molar-refractivity contribution in [1.82, 2.24) is 0 Å². The van der Waals surface area contributed by atoms with Gasteiger partial charge in [-0.15, -0.1) is 9.81 Å². The van der Waals surface area contributed by atoms with E-state index in [1.54, 1.807) is 0 Å². The average molecular weight is 259 g/mol. The van der Waals surface area contributed by atoms with Gasteiger partial charge in [0.05, 0.1) is 21.9 Å². The fourth-order valence-electron chi connectivity index (χ4n) is 1.60. The van der Waals surface area contributed by atoms with Gasteiger partial charge in [-0.1, -0.05) is 11.6 Å². The van der Waals surface area contributed by atoms with E-state index in [0.717, 1.165) is 0 Å². The maximum atomic E-state index is 10.6. The molecule has 0 saturated carbocycles. The van der Waals surface area contributed by atoms with Crippen molar-refractivity contribution in [3.8, 4) is 0 Å². The maximum absolute atomic E-state index is 10.6. The first-order valence-corrected chi connectivity index (χ1v) is 4.88. The maximum Gasteiger partial charge on any atom is 0.198 e. The summed E-state index contributed by atoms with van der Waals surface area (Å²) < 4.78 is 0. The van der Waals surface area contributed by atoms with Crippen LogP contribution in [0.25, 0.3) is 0 Å². The first kappa shape index (κ1) is 11.7. The van der Waals surface area contributed by atoms with Crippen LogP contribution in [0.3, 0.4) is 0 Å². The Hall–Kier alpha value is -1.77. The predicted molar refractivity (Wildman–Crippen MR) is 60.0 cm³/mol. The number of anilines is 2. The Morgan fingerprint density at radius 1 is 1.06 bits per heavy atom. The van der Waals surface area contributed by atoms with Crippen LogP contribution >= 0.6 is 11.6 Å². The number of hydrogen-bond donors (Lipinski definition) is 2. The molecule has 0 aliphatic carbocycles. The van der Waals surface area contributed by atoms with E-state index >= 15 is 0 Å². The van der Waals surface area contributed by atoms with Gasteiger partial charge >= 0.3 is 0 Å². The lowest BCUT2D eigenvalue weighted by atomic mass is 10.2. The van der Waals surface area contributed by atoms with Gasteiger partial charge in [-0.2, -0.15) is 10.0 Å². The lowest BCUT2D eigenvalue weighted by molar-refractivity contribution is 0.0112. The third kappa shape index (κ3) is 1.71. The number of nitrogens with zero attached hydrogens (tertiary/aromatic N) is 4. The zero-order valence-corrected chi connectivity index (χ0v) is 9.02. The Kier molecular flexibility index (Phi) is 2.92. The molecule has 90 valence electrons. The molecule has 2 unspecified atom stereocenters. The largest absolute Gasteiger partial charge is 0.368 e. The molecule has 9 heteroatoms. The molecule has 17 heavy (non-hydrogen) atoms. The van der Waals surface area contributed by atoms with Crippen molar-refractivity contribution in [2.45, 2.75) is 12.5 Å². The second-order valence-electron chi connectivity index (χ2n) is 3.31. The molecule has 0 fully saturated rings. The number of fused-ring (bicyclic) bond motifs is 1. The van der Waals surface area contributed by atoms with Gasteiger partial charge in [0.1, 0.15) is 0 Å². The predicted octanol–water partition coefficient (Wildman–Crippen LogP) is 0.966. The molecule has 0 amide bonds.